The van der Waals surface area contributed by atoms with Crippen LogP contribution in [0.5, 0.6) is 0 Å². The summed E-state index contributed by atoms with van der Waals surface area (Å²) in [4.78, 5) is 12.1. The van der Waals surface area contributed by atoms with Crippen LogP contribution >= 0.6 is 0 Å². The van der Waals surface area contributed by atoms with E-state index in [1.807, 2.05) is 0 Å². The lowest BCUT2D eigenvalue weighted by molar-refractivity contribution is -0.121. The zero-order valence-electron chi connectivity index (χ0n) is 30.0. The summed E-state index contributed by atoms with van der Waals surface area (Å²) in [5.41, 5.74) is 0. The Bertz CT molecular complexity index is 541. The van der Waals surface area contributed by atoms with Crippen molar-refractivity contribution in [2.24, 2.45) is 0 Å². The summed E-state index contributed by atoms with van der Waals surface area (Å²) in [5, 5.41) is 21.5. The highest BCUT2D eigenvalue weighted by molar-refractivity contribution is 5.75. The van der Waals surface area contributed by atoms with Gasteiger partial charge in [0.2, 0.25) is 5.91 Å². The Labute approximate surface area is 276 Å². The smallest absolute Gasteiger partial charge is 0.219 e. The average molecular weight is 624 g/mol. The predicted molar refractivity (Wildman–Crippen MR) is 193 cm³/mol. The van der Waals surface area contributed by atoms with Gasteiger partial charge in [-0.25, -0.2) is 0 Å². The molecule has 0 aromatic carbocycles. The van der Waals surface area contributed by atoms with Crippen LogP contribution in [0, 0.1) is 0 Å². The van der Waals surface area contributed by atoms with Crippen LogP contribution in [0.4, 0.5) is 0 Å². The van der Waals surface area contributed by atoms with E-state index in [0.717, 1.165) is 32.2 Å². The number of aliphatic hydroxyl groups excluding tert-OH is 2. The van der Waals surface area contributed by atoms with Crippen LogP contribution in [0.25, 0.3) is 0 Å². The third kappa shape index (κ3) is 37.6. The van der Waals surface area contributed by atoms with Gasteiger partial charge in [-0.05, 0) is 25.7 Å². The van der Waals surface area contributed by atoms with Gasteiger partial charge in [0.05, 0.1) is 6.10 Å². The summed E-state index contributed by atoms with van der Waals surface area (Å²) in [5.74, 6) is 0.260. The molecule has 0 rings (SSSR count). The van der Waals surface area contributed by atoms with E-state index in [0.29, 0.717) is 12.8 Å². The molecule has 1 unspecified atom stereocenters. The van der Waals surface area contributed by atoms with Crippen molar-refractivity contribution in [2.45, 2.75) is 238 Å². The molecule has 0 bridgehead atoms. The quantitative estimate of drug-likeness (QED) is 0.0599. The zero-order chi connectivity index (χ0) is 32.0. The van der Waals surface area contributed by atoms with Crippen LogP contribution in [0.2, 0.25) is 0 Å². The number of unbranched alkanes of at least 4 members (excludes halogenated alkanes) is 30. The van der Waals surface area contributed by atoms with E-state index in [4.69, 9.17) is 5.11 Å². The molecule has 1 amide bonds. The van der Waals surface area contributed by atoms with Gasteiger partial charge in [-0.3, -0.25) is 4.79 Å². The molecule has 4 heteroatoms. The SMILES string of the molecule is CCCCCCCCCCCCCCCCCCCCCC(=O)NCCCCCCCCCCCCCCCC(O)CCO. The van der Waals surface area contributed by atoms with Crippen molar-refractivity contribution in [3.05, 3.63) is 0 Å². The third-order valence-electron chi connectivity index (χ3n) is 9.51. The molecule has 44 heavy (non-hydrogen) atoms. The van der Waals surface area contributed by atoms with Gasteiger partial charge < -0.3 is 15.5 Å². The van der Waals surface area contributed by atoms with Crippen LogP contribution in [-0.2, 0) is 4.79 Å². The molecule has 0 heterocycles. The minimum absolute atomic E-state index is 0.0963. The standard InChI is InChI=1S/C40H81NO3/c1-2-3-4-5-6-7-8-9-10-11-12-13-14-17-20-23-26-29-32-35-40(44)41-37-33-30-27-24-21-18-15-16-19-22-25-28-31-34-39(43)36-38-42/h39,42-43H,2-38H2,1H3,(H,41,44). The lowest BCUT2D eigenvalue weighted by Crippen LogP contribution is -2.23. The van der Waals surface area contributed by atoms with E-state index in [1.54, 1.807) is 0 Å². The van der Waals surface area contributed by atoms with Crippen molar-refractivity contribution < 1.29 is 15.0 Å². The molecular weight excluding hydrogens is 542 g/mol. The van der Waals surface area contributed by atoms with Crippen LogP contribution in [0.1, 0.15) is 232 Å². The number of rotatable bonds is 38. The maximum absolute atomic E-state index is 12.1. The van der Waals surface area contributed by atoms with E-state index in [-0.39, 0.29) is 18.6 Å². The predicted octanol–water partition coefficient (Wildman–Crippen LogP) is 12.1. The first kappa shape index (κ1) is 43.4. The molecule has 3 N–H and O–H groups in total. The molecule has 0 aromatic rings. The fourth-order valence-electron chi connectivity index (χ4n) is 6.42. The van der Waals surface area contributed by atoms with Crippen LogP contribution in [0.15, 0.2) is 0 Å². The molecule has 264 valence electrons. The summed E-state index contributed by atoms with van der Waals surface area (Å²) in [6, 6.07) is 0. The largest absolute Gasteiger partial charge is 0.396 e. The minimum atomic E-state index is -0.308. The second kappa shape index (κ2) is 38.6. The Morgan fingerprint density at radius 2 is 0.773 bits per heavy atom. The molecule has 0 aliphatic carbocycles. The topological polar surface area (TPSA) is 69.6 Å². The van der Waals surface area contributed by atoms with E-state index in [2.05, 4.69) is 12.2 Å². The molecule has 0 saturated carbocycles. The summed E-state index contributed by atoms with van der Waals surface area (Å²) in [6.45, 7) is 3.25. The Balaban J connectivity index is 3.16. The Hall–Kier alpha value is -0.610. The first-order chi connectivity index (χ1) is 21.7. The summed E-state index contributed by atoms with van der Waals surface area (Å²) >= 11 is 0. The second-order valence-corrected chi connectivity index (χ2v) is 14.0. The number of nitrogens with one attached hydrogen (secondary N) is 1. The third-order valence-corrected chi connectivity index (χ3v) is 9.51. The number of carbonyl (C=O) groups excluding carboxylic acids is 1. The van der Waals surface area contributed by atoms with E-state index < -0.39 is 0 Å². The number of carbonyl (C=O) groups is 1. The molecule has 0 fully saturated rings. The van der Waals surface area contributed by atoms with Crippen LogP contribution in [-0.4, -0.2) is 35.4 Å². The molecular formula is C40H81NO3. The molecule has 0 aliphatic heterocycles. The van der Waals surface area contributed by atoms with E-state index in [9.17, 15) is 9.90 Å². The Kier molecular flexibility index (Phi) is 38.0. The Morgan fingerprint density at radius 3 is 1.14 bits per heavy atom. The monoisotopic (exact) mass is 624 g/mol. The fourth-order valence-corrected chi connectivity index (χ4v) is 6.42. The van der Waals surface area contributed by atoms with Gasteiger partial charge in [0, 0.05) is 19.6 Å². The highest BCUT2D eigenvalue weighted by atomic mass is 16.3. The maximum atomic E-state index is 12.1. The van der Waals surface area contributed by atoms with Crippen molar-refractivity contribution in [3.8, 4) is 0 Å². The molecule has 0 aliphatic rings. The summed E-state index contributed by atoms with van der Waals surface area (Å²) < 4.78 is 0. The molecule has 0 spiro atoms. The number of aliphatic hydroxyl groups is 2. The Morgan fingerprint density at radius 1 is 0.455 bits per heavy atom. The van der Waals surface area contributed by atoms with Crippen molar-refractivity contribution in [3.63, 3.8) is 0 Å². The molecule has 4 nitrogen and oxygen atoms in total. The number of hydrogen-bond acceptors (Lipinski definition) is 3. The van der Waals surface area contributed by atoms with Crippen LogP contribution < -0.4 is 5.32 Å². The molecule has 0 radical (unpaired) electrons. The first-order valence-corrected chi connectivity index (χ1v) is 20.3. The van der Waals surface area contributed by atoms with Gasteiger partial charge >= 0.3 is 0 Å². The van der Waals surface area contributed by atoms with Crippen molar-refractivity contribution in [1.82, 2.24) is 5.32 Å². The first-order valence-electron chi connectivity index (χ1n) is 20.3. The van der Waals surface area contributed by atoms with Crippen molar-refractivity contribution in [2.75, 3.05) is 13.2 Å². The summed E-state index contributed by atoms with van der Waals surface area (Å²) in [7, 11) is 0. The van der Waals surface area contributed by atoms with Crippen molar-refractivity contribution >= 4 is 5.91 Å². The molecule has 0 saturated heterocycles. The highest BCUT2D eigenvalue weighted by Gasteiger charge is 2.03. The van der Waals surface area contributed by atoms with Gasteiger partial charge in [-0.15, -0.1) is 0 Å². The van der Waals surface area contributed by atoms with Crippen LogP contribution in [0.3, 0.4) is 0 Å². The fraction of sp³-hybridized carbons (Fsp3) is 0.975. The maximum Gasteiger partial charge on any atom is 0.219 e. The van der Waals surface area contributed by atoms with E-state index in [1.165, 1.54) is 186 Å². The lowest BCUT2D eigenvalue weighted by Gasteiger charge is -2.08. The normalized spacial score (nSPS) is 12.2. The number of hydrogen-bond donors (Lipinski definition) is 3. The minimum Gasteiger partial charge on any atom is -0.396 e. The van der Waals surface area contributed by atoms with Gasteiger partial charge in [-0.1, -0.05) is 200 Å². The zero-order valence-corrected chi connectivity index (χ0v) is 30.0. The average Bonchev–Trinajstić information content (AvgIpc) is 3.02. The van der Waals surface area contributed by atoms with Gasteiger partial charge in [0.15, 0.2) is 0 Å². The molecule has 1 atom stereocenters. The highest BCUT2D eigenvalue weighted by Crippen LogP contribution is 2.16. The van der Waals surface area contributed by atoms with E-state index >= 15 is 0 Å². The van der Waals surface area contributed by atoms with Gasteiger partial charge in [0.25, 0.3) is 0 Å². The lowest BCUT2D eigenvalue weighted by atomic mass is 10.0. The number of amides is 1. The van der Waals surface area contributed by atoms with Gasteiger partial charge in [0.1, 0.15) is 0 Å². The summed E-state index contributed by atoms with van der Waals surface area (Å²) in [6.07, 6.45) is 44.9. The molecule has 0 aromatic heterocycles. The second-order valence-electron chi connectivity index (χ2n) is 14.0. The van der Waals surface area contributed by atoms with Gasteiger partial charge in [-0.2, -0.15) is 0 Å². The van der Waals surface area contributed by atoms with Crippen molar-refractivity contribution in [1.29, 1.82) is 0 Å².